The third kappa shape index (κ3) is 7.19. The Hall–Kier alpha value is -3.85. The number of hydrogen-bond donors (Lipinski definition) is 1. The summed E-state index contributed by atoms with van der Waals surface area (Å²) in [5.74, 6) is 0.776. The van der Waals surface area contributed by atoms with E-state index in [2.05, 4.69) is 26.3 Å². The maximum Gasteiger partial charge on any atom is 0.264 e. The minimum atomic E-state index is -0.338. The van der Waals surface area contributed by atoms with Gasteiger partial charge in [-0.05, 0) is 24.9 Å². The van der Waals surface area contributed by atoms with E-state index in [4.69, 9.17) is 32.7 Å². The molecule has 0 spiro atoms. The van der Waals surface area contributed by atoms with Crippen LogP contribution < -0.4 is 20.3 Å². The molecule has 3 heterocycles. The molecule has 3 aromatic rings. The molecule has 0 aliphatic carbocycles. The molecule has 1 saturated heterocycles. The van der Waals surface area contributed by atoms with E-state index in [-0.39, 0.29) is 44.1 Å². The zero-order valence-electron chi connectivity index (χ0n) is 26.7. The number of aromatic nitrogens is 3. The van der Waals surface area contributed by atoms with E-state index in [1.807, 2.05) is 34.6 Å². The molecule has 0 radical (unpaired) electrons. The third-order valence-corrected chi connectivity index (χ3v) is 8.37. The van der Waals surface area contributed by atoms with E-state index in [1.165, 1.54) is 14.2 Å². The Kier molecular flexibility index (Phi) is 10.6. The predicted octanol–water partition coefficient (Wildman–Crippen LogP) is 5.24. The number of hydrogen-bond acceptors (Lipinski definition) is 9. The van der Waals surface area contributed by atoms with Gasteiger partial charge in [-0.3, -0.25) is 19.1 Å². The van der Waals surface area contributed by atoms with Crippen molar-refractivity contribution in [1.29, 1.82) is 5.26 Å². The zero-order valence-corrected chi connectivity index (χ0v) is 28.2. The number of anilines is 1. The van der Waals surface area contributed by atoms with Crippen molar-refractivity contribution in [3.63, 3.8) is 0 Å². The van der Waals surface area contributed by atoms with Crippen LogP contribution in [0.3, 0.4) is 0 Å². The number of carbonyl (C=O) groups is 1. The van der Waals surface area contributed by atoms with Crippen LogP contribution in [-0.4, -0.2) is 83.2 Å². The topological polar surface area (TPSA) is 126 Å². The fraction of sp³-hybridized carbons (Fsp3) is 0.469. The molecule has 1 aliphatic rings. The van der Waals surface area contributed by atoms with E-state index < -0.39 is 0 Å². The smallest absolute Gasteiger partial charge is 0.264 e. The molecule has 0 atom stereocenters. The van der Waals surface area contributed by atoms with Gasteiger partial charge in [0.25, 0.3) is 11.5 Å². The first-order chi connectivity index (χ1) is 21.4. The summed E-state index contributed by atoms with van der Waals surface area (Å²) in [5.41, 5.74) is 0.544. The second kappa shape index (κ2) is 14.1. The van der Waals surface area contributed by atoms with Crippen LogP contribution in [0.25, 0.3) is 22.2 Å². The number of pyridine rings is 1. The van der Waals surface area contributed by atoms with Gasteiger partial charge in [0.05, 0.1) is 29.8 Å². The Morgan fingerprint density at radius 3 is 2.36 bits per heavy atom. The molecule has 0 bridgehead atoms. The highest BCUT2D eigenvalue weighted by Crippen LogP contribution is 2.45. The second-order valence-electron chi connectivity index (χ2n) is 11.8. The van der Waals surface area contributed by atoms with Gasteiger partial charge in [-0.25, -0.2) is 4.98 Å². The quantitative estimate of drug-likeness (QED) is 0.218. The fourth-order valence-corrected chi connectivity index (χ4v) is 6.04. The number of nitrogens with one attached hydrogen (secondary N) is 1. The Morgan fingerprint density at radius 2 is 1.82 bits per heavy atom. The van der Waals surface area contributed by atoms with Crippen molar-refractivity contribution in [2.45, 2.75) is 47.2 Å². The molecule has 1 aliphatic heterocycles. The minimum Gasteiger partial charge on any atom is -0.495 e. The van der Waals surface area contributed by atoms with Crippen molar-refractivity contribution in [3.8, 4) is 28.7 Å². The molecule has 4 rings (SSSR count). The maximum atomic E-state index is 14.2. The third-order valence-electron chi connectivity index (χ3n) is 7.62. The van der Waals surface area contributed by atoms with Crippen LogP contribution >= 0.6 is 23.2 Å². The number of benzene rings is 1. The van der Waals surface area contributed by atoms with Gasteiger partial charge < -0.3 is 19.7 Å². The fourth-order valence-electron chi connectivity index (χ4n) is 5.34. The molecule has 13 heteroatoms. The highest BCUT2D eigenvalue weighted by atomic mass is 35.5. The van der Waals surface area contributed by atoms with Gasteiger partial charge in [-0.2, -0.15) is 10.2 Å². The lowest BCUT2D eigenvalue weighted by Crippen LogP contribution is -2.61. The van der Waals surface area contributed by atoms with Crippen LogP contribution in [-0.2, 0) is 11.3 Å². The minimum absolute atomic E-state index is 0.0807. The summed E-state index contributed by atoms with van der Waals surface area (Å²) in [7, 11) is 2.95. The molecule has 240 valence electrons. The average Bonchev–Trinajstić information content (AvgIpc) is 2.97. The maximum absolute atomic E-state index is 14.2. The molecule has 11 nitrogen and oxygen atoms in total. The molecular weight excluding hydrogens is 617 g/mol. The number of rotatable bonds is 11. The van der Waals surface area contributed by atoms with Crippen LogP contribution in [0.4, 0.5) is 5.95 Å². The first-order valence-corrected chi connectivity index (χ1v) is 15.5. The average molecular weight is 657 g/mol. The number of amides is 1. The number of likely N-dealkylation sites (tertiary alicyclic amines) is 1. The SMILES string of the molecule is CCNc1ncc2cc(-c3c(Cl)c(OC)cc(OC)c3Cl)c(=O)n(CCN(CC)C3CN(C(=O)C(C#N)=CC(C)(C)C)C3)c2n1. The van der Waals surface area contributed by atoms with Gasteiger partial charge >= 0.3 is 0 Å². The number of ether oxygens (including phenoxy) is 2. The van der Waals surface area contributed by atoms with Crippen molar-refractivity contribution in [3.05, 3.63) is 50.4 Å². The van der Waals surface area contributed by atoms with Crippen molar-refractivity contribution in [1.82, 2.24) is 24.3 Å². The summed E-state index contributed by atoms with van der Waals surface area (Å²) in [6, 6.07) is 5.39. The standard InChI is InChI=1S/C32H39Cl2N7O4/c1-8-36-31-37-16-19-12-22(25-26(33)23(44-6)13-24(45-7)27(25)34)30(43)41(28(19)38-31)11-10-39(9-2)21-17-40(18-21)29(42)20(15-35)14-32(3,4)5/h12-14,16,21H,8-11,17-18H2,1-7H3,(H,36,37,38). The molecule has 45 heavy (non-hydrogen) atoms. The van der Waals surface area contributed by atoms with Gasteiger partial charge in [0.15, 0.2) is 0 Å². The van der Waals surface area contributed by atoms with E-state index in [9.17, 15) is 14.9 Å². The Morgan fingerprint density at radius 1 is 1.18 bits per heavy atom. The van der Waals surface area contributed by atoms with Crippen LogP contribution in [0.2, 0.25) is 10.0 Å². The van der Waals surface area contributed by atoms with Crippen molar-refractivity contribution < 1.29 is 14.3 Å². The number of allylic oxidation sites excluding steroid dienone is 1. The molecule has 1 fully saturated rings. The van der Waals surface area contributed by atoms with Crippen LogP contribution in [0.1, 0.15) is 34.6 Å². The Bertz CT molecular complexity index is 1690. The summed E-state index contributed by atoms with van der Waals surface area (Å²) in [4.78, 5) is 40.2. The van der Waals surface area contributed by atoms with Gasteiger partial charge in [-0.15, -0.1) is 0 Å². The predicted molar refractivity (Wildman–Crippen MR) is 177 cm³/mol. The Balaban J connectivity index is 1.70. The molecule has 0 unspecified atom stereocenters. The van der Waals surface area contributed by atoms with Gasteiger partial charge in [-0.1, -0.05) is 57.0 Å². The number of fused-ring (bicyclic) bond motifs is 1. The van der Waals surface area contributed by atoms with Crippen molar-refractivity contribution in [2.24, 2.45) is 5.41 Å². The molecular formula is C32H39Cl2N7O4. The molecule has 1 N–H and O–H groups in total. The van der Waals surface area contributed by atoms with E-state index >= 15 is 0 Å². The van der Waals surface area contributed by atoms with Crippen molar-refractivity contribution >= 4 is 46.1 Å². The normalized spacial score (nSPS) is 14.0. The Labute approximate surface area is 273 Å². The highest BCUT2D eigenvalue weighted by Gasteiger charge is 2.36. The lowest BCUT2D eigenvalue weighted by Gasteiger charge is -2.45. The first-order valence-electron chi connectivity index (χ1n) is 14.8. The number of methoxy groups -OCH3 is 2. The van der Waals surface area contributed by atoms with E-state index in [1.54, 1.807) is 33.9 Å². The summed E-state index contributed by atoms with van der Waals surface area (Å²) in [5, 5.41) is 13.7. The molecule has 1 aromatic carbocycles. The summed E-state index contributed by atoms with van der Waals surface area (Å²) < 4.78 is 12.5. The zero-order chi connectivity index (χ0) is 33.1. The first kappa shape index (κ1) is 34.0. The van der Waals surface area contributed by atoms with Crippen LogP contribution in [0.15, 0.2) is 34.8 Å². The van der Waals surface area contributed by atoms with Gasteiger partial charge in [0.1, 0.15) is 28.8 Å². The lowest BCUT2D eigenvalue weighted by molar-refractivity contribution is -0.134. The van der Waals surface area contributed by atoms with Crippen LogP contribution in [0, 0.1) is 16.7 Å². The largest absolute Gasteiger partial charge is 0.495 e. The number of halogens is 2. The monoisotopic (exact) mass is 655 g/mol. The van der Waals surface area contributed by atoms with Crippen molar-refractivity contribution in [2.75, 3.05) is 52.3 Å². The summed E-state index contributed by atoms with van der Waals surface area (Å²) >= 11 is 13.5. The second-order valence-corrected chi connectivity index (χ2v) is 12.6. The van der Waals surface area contributed by atoms with E-state index in [0.29, 0.717) is 73.3 Å². The molecule has 0 saturated carbocycles. The number of carbonyl (C=O) groups excluding carboxylic acids is 1. The van der Waals surface area contributed by atoms with Gasteiger partial charge in [0, 0.05) is 62.0 Å². The molecule has 1 amide bonds. The molecule has 2 aromatic heterocycles. The summed E-state index contributed by atoms with van der Waals surface area (Å²) in [6.45, 7) is 12.9. The number of nitrogens with zero attached hydrogens (tertiary/aromatic N) is 6. The number of likely N-dealkylation sites (N-methyl/N-ethyl adjacent to an activating group) is 1. The lowest BCUT2D eigenvalue weighted by atomic mass is 9.93. The highest BCUT2D eigenvalue weighted by molar-refractivity contribution is 6.41. The number of nitriles is 1. The van der Waals surface area contributed by atoms with Crippen LogP contribution in [0.5, 0.6) is 11.5 Å². The van der Waals surface area contributed by atoms with E-state index in [0.717, 1.165) is 0 Å². The van der Waals surface area contributed by atoms with Gasteiger partial charge in [0.2, 0.25) is 5.95 Å². The summed E-state index contributed by atoms with van der Waals surface area (Å²) in [6.07, 6.45) is 3.37.